The van der Waals surface area contributed by atoms with Crippen molar-refractivity contribution in [2.75, 3.05) is 35.9 Å². The van der Waals surface area contributed by atoms with E-state index in [0.717, 1.165) is 31.5 Å². The molecule has 200 valence electrons. The van der Waals surface area contributed by atoms with Crippen molar-refractivity contribution in [1.29, 1.82) is 0 Å². The standard InChI is InChI=1S/C26H31N7O5/c1-5-18-24(34)32(3)19-14-27-26(30-22(19)33(18)16-9-7-8-10-16)28-17-12-11-15(13-20(17)36-4)21-29-23(38-31-21)25(35)37-6-2/h11-14,16,18H,5-10H2,1-4H3,(H,27,28,30)/t18-/m1/s1. The average molecular weight is 522 g/mol. The molecule has 0 spiro atoms. The molecule has 2 aliphatic rings. The summed E-state index contributed by atoms with van der Waals surface area (Å²) in [7, 11) is 3.33. The van der Waals surface area contributed by atoms with E-state index in [1.54, 1.807) is 50.4 Å². The summed E-state index contributed by atoms with van der Waals surface area (Å²) in [5, 5.41) is 7.12. The fourth-order valence-corrected chi connectivity index (χ4v) is 5.11. The van der Waals surface area contributed by atoms with Gasteiger partial charge in [0.2, 0.25) is 17.7 Å². The Morgan fingerprint density at radius 1 is 1.21 bits per heavy atom. The number of carbonyl (C=O) groups is 2. The Morgan fingerprint density at radius 3 is 2.71 bits per heavy atom. The van der Waals surface area contributed by atoms with Crippen molar-refractivity contribution in [2.24, 2.45) is 0 Å². The third-order valence-corrected chi connectivity index (χ3v) is 6.99. The number of esters is 1. The maximum Gasteiger partial charge on any atom is 0.397 e. The molecule has 0 radical (unpaired) electrons. The van der Waals surface area contributed by atoms with Crippen LogP contribution in [0.3, 0.4) is 0 Å². The largest absolute Gasteiger partial charge is 0.495 e. The minimum atomic E-state index is -0.676. The van der Waals surface area contributed by atoms with Crippen LogP contribution in [0.4, 0.5) is 23.1 Å². The predicted molar refractivity (Wildman–Crippen MR) is 140 cm³/mol. The fourth-order valence-electron chi connectivity index (χ4n) is 5.11. The topological polar surface area (TPSA) is 136 Å². The first-order chi connectivity index (χ1) is 18.4. The van der Waals surface area contributed by atoms with Gasteiger partial charge in [0.15, 0.2) is 5.82 Å². The molecule has 0 saturated heterocycles. The highest BCUT2D eigenvalue weighted by Crippen LogP contribution is 2.40. The number of hydrogen-bond donors (Lipinski definition) is 1. The number of rotatable bonds is 8. The normalized spacial score (nSPS) is 17.5. The summed E-state index contributed by atoms with van der Waals surface area (Å²) in [5.41, 5.74) is 1.93. The van der Waals surface area contributed by atoms with Gasteiger partial charge in [-0.2, -0.15) is 9.97 Å². The molecule has 5 rings (SSSR count). The molecule has 0 bridgehead atoms. The SMILES string of the molecule is CCOC(=O)c1nc(-c2ccc(Nc3ncc4c(n3)N(C3CCCC3)[C@H](CC)C(=O)N4C)c(OC)c2)no1. The summed E-state index contributed by atoms with van der Waals surface area (Å²) in [6.07, 6.45) is 6.78. The average Bonchev–Trinajstić information content (AvgIpc) is 3.64. The minimum Gasteiger partial charge on any atom is -0.495 e. The summed E-state index contributed by atoms with van der Waals surface area (Å²) in [4.78, 5) is 42.3. The lowest BCUT2D eigenvalue weighted by molar-refractivity contribution is -0.120. The molecule has 1 amide bonds. The molecular weight excluding hydrogens is 490 g/mol. The number of benzene rings is 1. The first kappa shape index (κ1) is 25.4. The van der Waals surface area contributed by atoms with E-state index in [2.05, 4.69) is 25.3 Å². The smallest absolute Gasteiger partial charge is 0.397 e. The molecule has 12 nitrogen and oxygen atoms in total. The number of methoxy groups -OCH3 is 1. The molecule has 0 unspecified atom stereocenters. The van der Waals surface area contributed by atoms with Crippen molar-refractivity contribution < 1.29 is 23.6 Å². The first-order valence-corrected chi connectivity index (χ1v) is 12.8. The fraction of sp³-hybridized carbons (Fsp3) is 0.462. The highest BCUT2D eigenvalue weighted by Gasteiger charge is 2.41. The number of ether oxygens (including phenoxy) is 2. The van der Waals surface area contributed by atoms with Gasteiger partial charge < -0.3 is 29.1 Å². The van der Waals surface area contributed by atoms with Gasteiger partial charge in [0.25, 0.3) is 0 Å². The molecule has 3 heterocycles. The Kier molecular flexibility index (Phi) is 7.12. The lowest BCUT2D eigenvalue weighted by Gasteiger charge is -2.43. The van der Waals surface area contributed by atoms with Crippen molar-refractivity contribution in [2.45, 2.75) is 58.0 Å². The van der Waals surface area contributed by atoms with E-state index in [1.165, 1.54) is 0 Å². The molecule has 2 aromatic heterocycles. The van der Waals surface area contributed by atoms with Gasteiger partial charge >= 0.3 is 11.9 Å². The lowest BCUT2D eigenvalue weighted by Crippen LogP contribution is -2.55. The summed E-state index contributed by atoms with van der Waals surface area (Å²) >= 11 is 0. The summed E-state index contributed by atoms with van der Waals surface area (Å²) in [6.45, 7) is 3.94. The van der Waals surface area contributed by atoms with Crippen LogP contribution in [0.25, 0.3) is 11.4 Å². The van der Waals surface area contributed by atoms with Crippen LogP contribution < -0.4 is 19.9 Å². The van der Waals surface area contributed by atoms with Crippen molar-refractivity contribution >= 4 is 35.0 Å². The second-order valence-electron chi connectivity index (χ2n) is 9.25. The second kappa shape index (κ2) is 10.6. The summed E-state index contributed by atoms with van der Waals surface area (Å²) in [5.74, 6) is 1.06. The highest BCUT2D eigenvalue weighted by atomic mass is 16.6. The predicted octanol–water partition coefficient (Wildman–Crippen LogP) is 3.96. The van der Waals surface area contributed by atoms with Gasteiger partial charge in [-0.3, -0.25) is 4.79 Å². The van der Waals surface area contributed by atoms with Crippen molar-refractivity contribution in [3.05, 3.63) is 30.3 Å². The number of aromatic nitrogens is 4. The van der Waals surface area contributed by atoms with Crippen LogP contribution in [0.2, 0.25) is 0 Å². The van der Waals surface area contributed by atoms with Crippen LogP contribution in [0, 0.1) is 0 Å². The summed E-state index contributed by atoms with van der Waals surface area (Å²) < 4.78 is 15.5. The van der Waals surface area contributed by atoms with Gasteiger partial charge in [0.1, 0.15) is 17.5 Å². The Bertz CT molecular complexity index is 1340. The molecule has 12 heteroatoms. The Morgan fingerprint density at radius 2 is 2.00 bits per heavy atom. The van der Waals surface area contributed by atoms with Crippen LogP contribution in [0.5, 0.6) is 5.75 Å². The Hall–Kier alpha value is -4.22. The van der Waals surface area contributed by atoms with Crippen LogP contribution in [0.1, 0.15) is 56.6 Å². The third-order valence-electron chi connectivity index (χ3n) is 6.99. The number of nitrogens with zero attached hydrogens (tertiary/aromatic N) is 6. The number of hydrogen-bond acceptors (Lipinski definition) is 11. The molecule has 38 heavy (non-hydrogen) atoms. The monoisotopic (exact) mass is 521 g/mol. The maximum absolute atomic E-state index is 13.1. The van der Waals surface area contributed by atoms with Gasteiger partial charge in [0, 0.05) is 18.7 Å². The molecule has 1 saturated carbocycles. The highest BCUT2D eigenvalue weighted by molar-refractivity contribution is 6.04. The van der Waals surface area contributed by atoms with E-state index in [-0.39, 0.29) is 36.3 Å². The first-order valence-electron chi connectivity index (χ1n) is 12.8. The van der Waals surface area contributed by atoms with Crippen LogP contribution in [0.15, 0.2) is 28.9 Å². The zero-order valence-electron chi connectivity index (χ0n) is 21.9. The van der Waals surface area contributed by atoms with E-state index < -0.39 is 5.97 Å². The zero-order chi connectivity index (χ0) is 26.8. The van der Waals surface area contributed by atoms with E-state index >= 15 is 0 Å². The van der Waals surface area contributed by atoms with Crippen molar-refractivity contribution in [3.8, 4) is 17.1 Å². The molecule has 1 aliphatic carbocycles. The molecule has 1 N–H and O–H groups in total. The van der Waals surface area contributed by atoms with Crippen molar-refractivity contribution in [3.63, 3.8) is 0 Å². The third kappa shape index (κ3) is 4.61. The number of anilines is 4. The molecular formula is C26H31N7O5. The van der Waals surface area contributed by atoms with E-state index in [9.17, 15) is 9.59 Å². The van der Waals surface area contributed by atoms with Crippen LogP contribution >= 0.6 is 0 Å². The number of fused-ring (bicyclic) bond motifs is 1. The molecule has 1 aliphatic heterocycles. The molecule has 1 fully saturated rings. The van der Waals surface area contributed by atoms with Gasteiger partial charge in [-0.1, -0.05) is 24.9 Å². The maximum atomic E-state index is 13.1. The Labute approximate surface area is 220 Å². The minimum absolute atomic E-state index is 0.0704. The Balaban J connectivity index is 1.44. The van der Waals surface area contributed by atoms with Gasteiger partial charge in [-0.05, 0) is 44.4 Å². The van der Waals surface area contributed by atoms with E-state index in [4.69, 9.17) is 19.0 Å². The van der Waals surface area contributed by atoms with Crippen LogP contribution in [-0.2, 0) is 9.53 Å². The number of likely N-dealkylation sites (N-methyl/N-ethyl adjacent to an activating group) is 1. The molecule has 1 aromatic carbocycles. The van der Waals surface area contributed by atoms with Gasteiger partial charge in [-0.25, -0.2) is 9.78 Å². The second-order valence-corrected chi connectivity index (χ2v) is 9.25. The molecule has 3 aromatic rings. The van der Waals surface area contributed by atoms with Crippen LogP contribution in [-0.4, -0.2) is 64.8 Å². The number of amides is 1. The lowest BCUT2D eigenvalue weighted by atomic mass is 10.0. The van der Waals surface area contributed by atoms with E-state index in [0.29, 0.717) is 35.1 Å². The van der Waals surface area contributed by atoms with Crippen molar-refractivity contribution in [1.82, 2.24) is 20.1 Å². The number of carbonyl (C=O) groups excluding carboxylic acids is 2. The van der Waals surface area contributed by atoms with E-state index in [1.807, 2.05) is 6.92 Å². The molecule has 1 atom stereocenters. The zero-order valence-corrected chi connectivity index (χ0v) is 21.9. The van der Waals surface area contributed by atoms with Gasteiger partial charge in [-0.15, -0.1) is 0 Å². The summed E-state index contributed by atoms with van der Waals surface area (Å²) in [6, 6.07) is 5.32. The van der Waals surface area contributed by atoms with Gasteiger partial charge in [0.05, 0.1) is 25.6 Å². The quantitative estimate of drug-likeness (QED) is 0.431. The number of nitrogens with one attached hydrogen (secondary N) is 1.